The Morgan fingerprint density at radius 2 is 1.18 bits per heavy atom. The van der Waals surface area contributed by atoms with E-state index in [1.807, 2.05) is 54.6 Å². The summed E-state index contributed by atoms with van der Waals surface area (Å²) in [5.41, 5.74) is 2.30. The van der Waals surface area contributed by atoms with E-state index >= 15 is 0 Å². The number of hydrogen-bond donors (Lipinski definition) is 0. The third kappa shape index (κ3) is 3.12. The smallest absolute Gasteiger partial charge is 0.269 e. The summed E-state index contributed by atoms with van der Waals surface area (Å²) in [5.74, 6) is 1.26. The maximum atomic E-state index is 10.6. The molecule has 4 nitrogen and oxygen atoms in total. The van der Waals surface area contributed by atoms with Crippen molar-refractivity contribution >= 4 is 5.69 Å². The molecular formula is C18H13NO3. The minimum Gasteiger partial charge on any atom is -0.457 e. The van der Waals surface area contributed by atoms with Gasteiger partial charge in [0.1, 0.15) is 11.5 Å². The van der Waals surface area contributed by atoms with Gasteiger partial charge in [-0.15, -0.1) is 0 Å². The Hall–Kier alpha value is -3.14. The lowest BCUT2D eigenvalue weighted by Gasteiger charge is -2.07. The number of ether oxygens (including phenoxy) is 1. The van der Waals surface area contributed by atoms with Crippen LogP contribution >= 0.6 is 0 Å². The van der Waals surface area contributed by atoms with Crippen LogP contribution in [0, 0.1) is 10.1 Å². The van der Waals surface area contributed by atoms with Gasteiger partial charge in [0.25, 0.3) is 5.69 Å². The summed E-state index contributed by atoms with van der Waals surface area (Å²) in [7, 11) is 0. The van der Waals surface area contributed by atoms with Gasteiger partial charge < -0.3 is 4.74 Å². The molecule has 0 saturated heterocycles. The predicted molar refractivity (Wildman–Crippen MR) is 85.0 cm³/mol. The molecule has 3 aromatic rings. The molecule has 0 atom stereocenters. The SMILES string of the molecule is O=[N+]([O-])c1ccc(Oc2ccc(-c3ccccc3)cc2)cc1. The summed E-state index contributed by atoms with van der Waals surface area (Å²) in [5, 5.41) is 10.6. The van der Waals surface area contributed by atoms with Crippen LogP contribution in [0.1, 0.15) is 0 Å². The van der Waals surface area contributed by atoms with Crippen molar-refractivity contribution in [1.82, 2.24) is 0 Å². The minimum absolute atomic E-state index is 0.0479. The number of non-ortho nitro benzene ring substituents is 1. The average molecular weight is 291 g/mol. The zero-order chi connectivity index (χ0) is 15.4. The largest absolute Gasteiger partial charge is 0.457 e. The number of hydrogen-bond acceptors (Lipinski definition) is 3. The van der Waals surface area contributed by atoms with E-state index in [0.717, 1.165) is 11.1 Å². The van der Waals surface area contributed by atoms with Crippen molar-refractivity contribution in [2.24, 2.45) is 0 Å². The van der Waals surface area contributed by atoms with Crippen LogP contribution in [0.2, 0.25) is 0 Å². The fourth-order valence-electron chi connectivity index (χ4n) is 2.12. The van der Waals surface area contributed by atoms with Crippen LogP contribution in [0.5, 0.6) is 11.5 Å². The molecule has 0 bridgehead atoms. The highest BCUT2D eigenvalue weighted by atomic mass is 16.6. The van der Waals surface area contributed by atoms with E-state index < -0.39 is 4.92 Å². The zero-order valence-corrected chi connectivity index (χ0v) is 11.7. The highest BCUT2D eigenvalue weighted by Gasteiger charge is 2.05. The van der Waals surface area contributed by atoms with Gasteiger partial charge in [-0.2, -0.15) is 0 Å². The molecule has 0 N–H and O–H groups in total. The second kappa shape index (κ2) is 6.10. The molecular weight excluding hydrogens is 278 g/mol. The van der Waals surface area contributed by atoms with Crippen molar-refractivity contribution in [1.29, 1.82) is 0 Å². The molecule has 0 aliphatic carbocycles. The first kappa shape index (κ1) is 13.8. The van der Waals surface area contributed by atoms with E-state index in [0.29, 0.717) is 11.5 Å². The lowest BCUT2D eigenvalue weighted by molar-refractivity contribution is -0.384. The van der Waals surface area contributed by atoms with Crippen molar-refractivity contribution in [2.45, 2.75) is 0 Å². The molecule has 22 heavy (non-hydrogen) atoms. The minimum atomic E-state index is -0.432. The number of benzene rings is 3. The Morgan fingerprint density at radius 1 is 0.682 bits per heavy atom. The van der Waals surface area contributed by atoms with Gasteiger partial charge in [-0.25, -0.2) is 0 Å². The van der Waals surface area contributed by atoms with Crippen molar-refractivity contribution in [3.05, 3.63) is 89.0 Å². The predicted octanol–water partition coefficient (Wildman–Crippen LogP) is 5.05. The summed E-state index contributed by atoms with van der Waals surface area (Å²) in [6, 6.07) is 23.8. The van der Waals surface area contributed by atoms with Gasteiger partial charge in [0.2, 0.25) is 0 Å². The van der Waals surface area contributed by atoms with Gasteiger partial charge in [-0.1, -0.05) is 42.5 Å². The lowest BCUT2D eigenvalue weighted by atomic mass is 10.1. The van der Waals surface area contributed by atoms with E-state index in [-0.39, 0.29) is 5.69 Å². The van der Waals surface area contributed by atoms with E-state index in [9.17, 15) is 10.1 Å². The topological polar surface area (TPSA) is 52.4 Å². The maximum absolute atomic E-state index is 10.6. The van der Waals surface area contributed by atoms with Crippen LogP contribution in [0.15, 0.2) is 78.9 Å². The third-order valence-corrected chi connectivity index (χ3v) is 3.24. The first-order chi connectivity index (χ1) is 10.7. The second-order valence-electron chi connectivity index (χ2n) is 4.74. The van der Waals surface area contributed by atoms with Gasteiger partial charge in [0.15, 0.2) is 0 Å². The van der Waals surface area contributed by atoms with Crippen LogP contribution in [-0.4, -0.2) is 4.92 Å². The molecule has 0 fully saturated rings. The van der Waals surface area contributed by atoms with Crippen molar-refractivity contribution < 1.29 is 9.66 Å². The van der Waals surface area contributed by atoms with E-state index in [1.54, 1.807) is 12.1 Å². The van der Waals surface area contributed by atoms with Crippen molar-refractivity contribution in [3.63, 3.8) is 0 Å². The number of nitro groups is 1. The first-order valence-corrected chi connectivity index (χ1v) is 6.80. The summed E-state index contributed by atoms with van der Waals surface area (Å²) in [4.78, 5) is 10.2. The monoisotopic (exact) mass is 291 g/mol. The molecule has 0 aliphatic heterocycles. The van der Waals surface area contributed by atoms with Crippen molar-refractivity contribution in [2.75, 3.05) is 0 Å². The van der Waals surface area contributed by atoms with Crippen LogP contribution in [0.4, 0.5) is 5.69 Å². The summed E-state index contributed by atoms with van der Waals surface area (Å²) in [6.07, 6.45) is 0. The normalized spacial score (nSPS) is 10.2. The fraction of sp³-hybridized carbons (Fsp3) is 0. The molecule has 0 aliphatic rings. The van der Waals surface area contributed by atoms with Crippen LogP contribution in [-0.2, 0) is 0 Å². The molecule has 0 spiro atoms. The standard InChI is InChI=1S/C18H13NO3/c20-19(21)16-8-12-18(13-9-16)22-17-10-6-15(7-11-17)14-4-2-1-3-5-14/h1-13H. The maximum Gasteiger partial charge on any atom is 0.269 e. The molecule has 3 aromatic carbocycles. The number of rotatable bonds is 4. The molecule has 0 aromatic heterocycles. The lowest BCUT2D eigenvalue weighted by Crippen LogP contribution is -1.88. The van der Waals surface area contributed by atoms with Gasteiger partial charge in [0, 0.05) is 12.1 Å². The Morgan fingerprint density at radius 3 is 1.73 bits per heavy atom. The summed E-state index contributed by atoms with van der Waals surface area (Å²) in [6.45, 7) is 0. The Kier molecular flexibility index (Phi) is 3.83. The summed E-state index contributed by atoms with van der Waals surface area (Å²) < 4.78 is 5.68. The highest BCUT2D eigenvalue weighted by molar-refractivity contribution is 5.64. The van der Waals surface area contributed by atoms with E-state index in [1.165, 1.54) is 12.1 Å². The highest BCUT2D eigenvalue weighted by Crippen LogP contribution is 2.26. The quantitative estimate of drug-likeness (QED) is 0.499. The number of nitrogens with zero attached hydrogens (tertiary/aromatic N) is 1. The first-order valence-electron chi connectivity index (χ1n) is 6.80. The van der Waals surface area contributed by atoms with E-state index in [4.69, 9.17) is 4.74 Å². The van der Waals surface area contributed by atoms with Gasteiger partial charge in [-0.05, 0) is 35.4 Å². The van der Waals surface area contributed by atoms with Crippen LogP contribution < -0.4 is 4.74 Å². The molecule has 0 unspecified atom stereocenters. The van der Waals surface area contributed by atoms with Gasteiger partial charge in [0.05, 0.1) is 4.92 Å². The van der Waals surface area contributed by atoms with Gasteiger partial charge in [-0.3, -0.25) is 10.1 Å². The number of nitro benzene ring substituents is 1. The Labute approximate surface area is 127 Å². The van der Waals surface area contributed by atoms with E-state index in [2.05, 4.69) is 0 Å². The van der Waals surface area contributed by atoms with Crippen molar-refractivity contribution in [3.8, 4) is 22.6 Å². The van der Waals surface area contributed by atoms with Gasteiger partial charge >= 0.3 is 0 Å². The second-order valence-corrected chi connectivity index (χ2v) is 4.74. The molecule has 0 heterocycles. The molecule has 0 radical (unpaired) electrons. The average Bonchev–Trinajstić information content (AvgIpc) is 2.57. The molecule has 4 heteroatoms. The Bertz CT molecular complexity index is 766. The Balaban J connectivity index is 1.75. The molecule has 0 amide bonds. The third-order valence-electron chi connectivity index (χ3n) is 3.24. The van der Waals surface area contributed by atoms with Crippen LogP contribution in [0.25, 0.3) is 11.1 Å². The van der Waals surface area contributed by atoms with Crippen LogP contribution in [0.3, 0.4) is 0 Å². The molecule has 3 rings (SSSR count). The molecule has 0 saturated carbocycles. The molecule has 108 valence electrons. The summed E-state index contributed by atoms with van der Waals surface area (Å²) >= 11 is 0. The zero-order valence-electron chi connectivity index (χ0n) is 11.7. The fourth-order valence-corrected chi connectivity index (χ4v) is 2.12.